The average Bonchev–Trinajstić information content (AvgIpc) is 3.31. The van der Waals surface area contributed by atoms with E-state index < -0.39 is 29.1 Å². The van der Waals surface area contributed by atoms with Gasteiger partial charge in [-0.15, -0.1) is 0 Å². The minimum Gasteiger partial charge on any atom is -0.480 e. The topological polar surface area (TPSA) is 117 Å². The molecule has 3 aromatic rings. The highest BCUT2D eigenvalue weighted by atomic mass is 32.1. The lowest BCUT2D eigenvalue weighted by Crippen LogP contribution is -2.41. The number of benzene rings is 2. The van der Waals surface area contributed by atoms with Gasteiger partial charge in [-0.25, -0.2) is 9.59 Å². The second-order valence-corrected chi connectivity index (χ2v) is 11.5. The van der Waals surface area contributed by atoms with Gasteiger partial charge in [0, 0.05) is 11.3 Å². The molecule has 0 saturated heterocycles. The fourth-order valence-electron chi connectivity index (χ4n) is 3.51. The number of hydrogen-bond donors (Lipinski definition) is 4. The molecule has 2 aromatic carbocycles. The molecule has 4 N–H and O–H groups in total. The van der Waals surface area contributed by atoms with Crippen molar-refractivity contribution >= 4 is 46.4 Å². The van der Waals surface area contributed by atoms with Crippen LogP contribution in [0, 0.1) is 5.41 Å². The van der Waals surface area contributed by atoms with Crippen LogP contribution in [-0.4, -0.2) is 34.7 Å². The zero-order valence-electron chi connectivity index (χ0n) is 21.8. The molecule has 1 atom stereocenters. The van der Waals surface area contributed by atoms with Gasteiger partial charge in [-0.3, -0.25) is 10.1 Å². The zero-order valence-corrected chi connectivity index (χ0v) is 22.7. The van der Waals surface area contributed by atoms with E-state index in [9.17, 15) is 19.5 Å². The van der Waals surface area contributed by atoms with Crippen LogP contribution in [-0.2, 0) is 9.53 Å². The maximum atomic E-state index is 13.1. The van der Waals surface area contributed by atoms with Crippen molar-refractivity contribution in [2.45, 2.75) is 53.2 Å². The number of aliphatic carboxylic acids is 1. The maximum Gasteiger partial charge on any atom is 0.412 e. The summed E-state index contributed by atoms with van der Waals surface area (Å²) in [5.41, 5.74) is 2.47. The van der Waals surface area contributed by atoms with Crippen LogP contribution >= 0.6 is 11.3 Å². The van der Waals surface area contributed by atoms with Crippen LogP contribution in [0.4, 0.5) is 21.9 Å². The average molecular weight is 524 g/mol. The highest BCUT2D eigenvalue weighted by Gasteiger charge is 2.31. The third-order valence-electron chi connectivity index (χ3n) is 5.33. The van der Waals surface area contributed by atoms with Gasteiger partial charge in [-0.05, 0) is 90.5 Å². The van der Waals surface area contributed by atoms with Gasteiger partial charge in [0.2, 0.25) is 0 Å². The summed E-state index contributed by atoms with van der Waals surface area (Å²) in [6.45, 7) is 10.8. The Balaban J connectivity index is 1.83. The fourth-order valence-corrected chi connectivity index (χ4v) is 4.17. The van der Waals surface area contributed by atoms with E-state index in [1.165, 1.54) is 0 Å². The van der Waals surface area contributed by atoms with Crippen molar-refractivity contribution in [3.8, 4) is 11.1 Å². The quantitative estimate of drug-likeness (QED) is 0.267. The molecule has 0 aliphatic heterocycles. The monoisotopic (exact) mass is 523 g/mol. The molecule has 2 amide bonds. The van der Waals surface area contributed by atoms with Crippen LogP contribution < -0.4 is 16.0 Å². The summed E-state index contributed by atoms with van der Waals surface area (Å²) in [6, 6.07) is 13.1. The lowest BCUT2D eigenvalue weighted by molar-refractivity contribution is -0.140. The zero-order chi connectivity index (χ0) is 27.4. The molecule has 1 heterocycles. The molecule has 0 aliphatic rings. The molecule has 8 nitrogen and oxygen atoms in total. The Morgan fingerprint density at radius 2 is 1.54 bits per heavy atom. The standard InChI is InChI=1S/C28H33N3O5S/c1-27(2,3)23(25(33)34)29-20-10-7-17(8-11-20)24(32)30-22-15-18(19-13-14-37-16-19)9-12-21(22)31-26(35)36-28(4,5)6/h7-16,23,29H,1-6H3,(H,30,32)(H,31,35)(H,33,34). The number of hydrogen-bond acceptors (Lipinski definition) is 6. The van der Waals surface area contributed by atoms with Gasteiger partial charge < -0.3 is 20.5 Å². The SMILES string of the molecule is CC(C)(C)OC(=O)Nc1ccc(-c2ccsc2)cc1NC(=O)c1ccc(NC(C(=O)O)C(C)(C)C)cc1. The van der Waals surface area contributed by atoms with E-state index in [1.807, 2.05) is 43.7 Å². The number of nitrogens with one attached hydrogen (secondary N) is 3. The molecule has 37 heavy (non-hydrogen) atoms. The summed E-state index contributed by atoms with van der Waals surface area (Å²) in [7, 11) is 0. The van der Waals surface area contributed by atoms with Crippen molar-refractivity contribution in [2.24, 2.45) is 5.41 Å². The summed E-state index contributed by atoms with van der Waals surface area (Å²) in [4.78, 5) is 37.2. The largest absolute Gasteiger partial charge is 0.480 e. The Bertz CT molecular complexity index is 1260. The lowest BCUT2D eigenvalue weighted by atomic mass is 9.86. The van der Waals surface area contributed by atoms with Crippen LogP contribution in [0.2, 0.25) is 0 Å². The molecule has 1 unspecified atom stereocenters. The van der Waals surface area contributed by atoms with E-state index in [-0.39, 0.29) is 5.91 Å². The molecule has 9 heteroatoms. The number of rotatable bonds is 7. The first-order valence-electron chi connectivity index (χ1n) is 11.8. The Hall–Kier alpha value is -3.85. The van der Waals surface area contributed by atoms with Crippen molar-refractivity contribution in [1.82, 2.24) is 0 Å². The van der Waals surface area contributed by atoms with E-state index in [1.54, 1.807) is 68.5 Å². The van der Waals surface area contributed by atoms with Gasteiger partial charge >= 0.3 is 12.1 Å². The Labute approximate surface area is 221 Å². The van der Waals surface area contributed by atoms with Gasteiger partial charge in [0.15, 0.2) is 0 Å². The second kappa shape index (κ2) is 11.0. The van der Waals surface area contributed by atoms with Crippen molar-refractivity contribution in [1.29, 1.82) is 0 Å². The van der Waals surface area contributed by atoms with E-state index in [4.69, 9.17) is 4.74 Å². The Morgan fingerprint density at radius 1 is 0.865 bits per heavy atom. The van der Waals surface area contributed by atoms with E-state index in [0.29, 0.717) is 22.6 Å². The molecule has 0 aliphatic carbocycles. The first-order chi connectivity index (χ1) is 17.2. The lowest BCUT2D eigenvalue weighted by Gasteiger charge is -2.28. The smallest absolute Gasteiger partial charge is 0.412 e. The van der Waals surface area contributed by atoms with Gasteiger partial charge in [0.25, 0.3) is 5.91 Å². The molecule has 0 fully saturated rings. The summed E-state index contributed by atoms with van der Waals surface area (Å²) in [6.07, 6.45) is -0.631. The number of carboxylic acid groups (broad SMARTS) is 1. The molecule has 196 valence electrons. The highest BCUT2D eigenvalue weighted by Crippen LogP contribution is 2.31. The number of carbonyl (C=O) groups excluding carboxylic acids is 2. The Kier molecular flexibility index (Phi) is 8.28. The first kappa shape index (κ1) is 27.7. The second-order valence-electron chi connectivity index (χ2n) is 10.7. The summed E-state index contributed by atoms with van der Waals surface area (Å²) >= 11 is 1.56. The minimum atomic E-state index is -0.954. The number of carbonyl (C=O) groups is 3. The van der Waals surface area contributed by atoms with Gasteiger partial charge in [0.05, 0.1) is 11.4 Å². The van der Waals surface area contributed by atoms with Crippen molar-refractivity contribution in [2.75, 3.05) is 16.0 Å². The van der Waals surface area contributed by atoms with Crippen LogP contribution in [0.1, 0.15) is 51.9 Å². The van der Waals surface area contributed by atoms with Gasteiger partial charge in [0.1, 0.15) is 11.6 Å². The van der Waals surface area contributed by atoms with Gasteiger partial charge in [-0.1, -0.05) is 26.8 Å². The molecule has 0 radical (unpaired) electrons. The van der Waals surface area contributed by atoms with Crippen LogP contribution in [0.15, 0.2) is 59.3 Å². The Morgan fingerprint density at radius 3 is 2.08 bits per heavy atom. The normalized spacial score (nSPS) is 12.4. The predicted octanol–water partition coefficient (Wildman–Crippen LogP) is 6.93. The summed E-state index contributed by atoms with van der Waals surface area (Å²) in [5.74, 6) is -1.34. The highest BCUT2D eigenvalue weighted by molar-refractivity contribution is 7.08. The van der Waals surface area contributed by atoms with Gasteiger partial charge in [-0.2, -0.15) is 11.3 Å². The first-order valence-corrected chi connectivity index (χ1v) is 12.7. The number of anilines is 3. The number of ether oxygens (including phenoxy) is 1. The van der Waals surface area contributed by atoms with Crippen LogP contribution in [0.5, 0.6) is 0 Å². The summed E-state index contributed by atoms with van der Waals surface area (Å²) < 4.78 is 5.36. The third kappa shape index (κ3) is 7.82. The minimum absolute atomic E-state index is 0.373. The van der Waals surface area contributed by atoms with E-state index >= 15 is 0 Å². The molecule has 0 bridgehead atoms. The van der Waals surface area contributed by atoms with Crippen LogP contribution in [0.3, 0.4) is 0 Å². The molecular formula is C28H33N3O5S. The fraction of sp³-hybridized carbons (Fsp3) is 0.321. The van der Waals surface area contributed by atoms with Crippen molar-refractivity contribution in [3.05, 3.63) is 64.9 Å². The maximum absolute atomic E-state index is 13.1. The molecule has 0 saturated carbocycles. The van der Waals surface area contributed by atoms with E-state index in [2.05, 4.69) is 16.0 Å². The predicted molar refractivity (Wildman–Crippen MR) is 149 cm³/mol. The van der Waals surface area contributed by atoms with Crippen molar-refractivity contribution in [3.63, 3.8) is 0 Å². The molecule has 3 rings (SSSR count). The third-order valence-corrected chi connectivity index (χ3v) is 6.01. The molecular weight excluding hydrogens is 490 g/mol. The van der Waals surface area contributed by atoms with E-state index in [0.717, 1.165) is 11.1 Å². The van der Waals surface area contributed by atoms with Crippen LogP contribution in [0.25, 0.3) is 11.1 Å². The summed E-state index contributed by atoms with van der Waals surface area (Å²) in [5, 5.41) is 22.1. The number of carboxylic acids is 1. The number of thiophene rings is 1. The van der Waals surface area contributed by atoms with Crippen molar-refractivity contribution < 1.29 is 24.2 Å². The number of amides is 2. The molecule has 0 spiro atoms. The molecule has 1 aromatic heterocycles.